The smallest absolute Gasteiger partial charge is 0.195 e. The summed E-state index contributed by atoms with van der Waals surface area (Å²) in [7, 11) is 1.63. The van der Waals surface area contributed by atoms with Crippen molar-refractivity contribution in [2.45, 2.75) is 65.2 Å². The van der Waals surface area contributed by atoms with Gasteiger partial charge in [-0.1, -0.05) is 20.4 Å². The number of nitrogens with two attached hydrogens (primary N) is 2. The molecule has 166 valence electrons. The van der Waals surface area contributed by atoms with Crippen molar-refractivity contribution in [3.05, 3.63) is 51.7 Å². The minimum absolute atomic E-state index is 0.0911. The topological polar surface area (TPSA) is 110 Å². The molecular formula is C24H33N5OS. The van der Waals surface area contributed by atoms with Gasteiger partial charge in [-0.2, -0.15) is 5.26 Å². The van der Waals surface area contributed by atoms with Crippen molar-refractivity contribution in [2.24, 2.45) is 15.7 Å². The molecule has 1 atom stereocenters. The molecule has 1 unspecified atom stereocenters. The minimum Gasteiger partial charge on any atom is -0.484 e. The summed E-state index contributed by atoms with van der Waals surface area (Å²) < 4.78 is 5.76. The van der Waals surface area contributed by atoms with E-state index in [0.717, 1.165) is 65.8 Å². The Morgan fingerprint density at radius 3 is 2.77 bits per heavy atom. The minimum atomic E-state index is -0.0911. The lowest BCUT2D eigenvalue weighted by atomic mass is 9.85. The van der Waals surface area contributed by atoms with Gasteiger partial charge in [-0.25, -0.2) is 9.98 Å². The van der Waals surface area contributed by atoms with E-state index in [9.17, 15) is 5.26 Å². The molecular weight excluding hydrogens is 406 g/mol. The molecule has 0 aliphatic heterocycles. The number of nitriles is 1. The van der Waals surface area contributed by atoms with Gasteiger partial charge < -0.3 is 16.2 Å². The highest BCUT2D eigenvalue weighted by atomic mass is 32.1. The Hall–Kier alpha value is -2.85. The second-order valence-electron chi connectivity index (χ2n) is 7.58. The summed E-state index contributed by atoms with van der Waals surface area (Å²) in [5.41, 5.74) is 16.1. The quantitative estimate of drug-likeness (QED) is 0.313. The van der Waals surface area contributed by atoms with Crippen LogP contribution in [0.15, 0.2) is 45.7 Å². The normalized spacial score (nSPS) is 17.8. The number of nitrogens with zero attached hydrogens (tertiary/aromatic N) is 3. The predicted octanol–water partition coefficient (Wildman–Crippen LogP) is 5.58. The molecule has 0 amide bonds. The third kappa shape index (κ3) is 5.86. The van der Waals surface area contributed by atoms with Crippen molar-refractivity contribution < 1.29 is 4.74 Å². The molecule has 1 aromatic heterocycles. The van der Waals surface area contributed by atoms with Crippen LogP contribution in [0.3, 0.4) is 0 Å². The number of hydrogen-bond acceptors (Lipinski definition) is 6. The van der Waals surface area contributed by atoms with Gasteiger partial charge in [-0.05, 0) is 61.8 Å². The number of aryl methyl sites for hydroxylation is 1. The summed E-state index contributed by atoms with van der Waals surface area (Å²) in [6.07, 6.45) is 8.83. The molecule has 0 spiro atoms. The van der Waals surface area contributed by atoms with E-state index in [1.807, 2.05) is 13.0 Å². The Morgan fingerprint density at radius 1 is 1.42 bits per heavy atom. The fourth-order valence-electron chi connectivity index (χ4n) is 3.65. The third-order valence-corrected chi connectivity index (χ3v) is 6.49. The number of nitrogen functional groups attached to an aromatic ring is 1. The SMILES string of the molecule is C=C(/C=C\N=C(N)CCC)/C(N=C(OC)C1CCCc2sc(N)c(C#N)c21)=C(/C)CC. The van der Waals surface area contributed by atoms with Crippen molar-refractivity contribution in [2.75, 3.05) is 12.8 Å². The van der Waals surface area contributed by atoms with E-state index >= 15 is 0 Å². The molecule has 0 saturated carbocycles. The van der Waals surface area contributed by atoms with Gasteiger partial charge in [-0.15, -0.1) is 11.3 Å². The molecule has 0 saturated heterocycles. The standard InChI is InChI=1S/C24H33N5OS/c1-6-9-20(26)28-13-12-16(4)22(15(3)7-2)29-24(30-5)17-10-8-11-19-21(17)18(14-25)23(27)31-19/h12-13,17H,4,6-11,27H2,1-3,5H3,(H2,26,28)/b13-12-,22-15+,29-24?. The largest absolute Gasteiger partial charge is 0.484 e. The Bertz CT molecular complexity index is 975. The van der Waals surface area contributed by atoms with Gasteiger partial charge >= 0.3 is 0 Å². The van der Waals surface area contributed by atoms with Crippen molar-refractivity contribution in [3.8, 4) is 6.07 Å². The highest BCUT2D eigenvalue weighted by Gasteiger charge is 2.32. The van der Waals surface area contributed by atoms with E-state index in [1.165, 1.54) is 11.3 Å². The molecule has 6 nitrogen and oxygen atoms in total. The number of rotatable bonds is 8. The van der Waals surface area contributed by atoms with Crippen LogP contribution in [-0.2, 0) is 11.2 Å². The molecule has 7 heteroatoms. The number of aliphatic imine (C=N–C) groups is 2. The van der Waals surface area contributed by atoms with Crippen LogP contribution in [0, 0.1) is 11.3 Å². The van der Waals surface area contributed by atoms with Crippen LogP contribution in [0.1, 0.15) is 74.8 Å². The van der Waals surface area contributed by atoms with E-state index in [0.29, 0.717) is 22.3 Å². The Kier molecular flexibility index (Phi) is 9.07. The van der Waals surface area contributed by atoms with Gasteiger partial charge in [0.25, 0.3) is 0 Å². The number of ether oxygens (including phenoxy) is 1. The monoisotopic (exact) mass is 439 g/mol. The first-order valence-corrected chi connectivity index (χ1v) is 11.5. The molecule has 1 aliphatic carbocycles. The number of thiophene rings is 1. The molecule has 4 N–H and O–H groups in total. The molecule has 1 aromatic rings. The van der Waals surface area contributed by atoms with Crippen LogP contribution in [-0.4, -0.2) is 18.8 Å². The zero-order chi connectivity index (χ0) is 23.0. The lowest BCUT2D eigenvalue weighted by molar-refractivity contribution is 0.374. The van der Waals surface area contributed by atoms with E-state index in [-0.39, 0.29) is 5.92 Å². The van der Waals surface area contributed by atoms with E-state index in [1.54, 1.807) is 13.3 Å². The number of allylic oxidation sites excluding steroid dienone is 2. The summed E-state index contributed by atoms with van der Waals surface area (Å²) in [6.45, 7) is 10.4. The lowest BCUT2D eigenvalue weighted by Gasteiger charge is -2.24. The molecule has 0 fully saturated rings. The van der Waals surface area contributed by atoms with Gasteiger partial charge in [0.05, 0.1) is 30.1 Å². The molecule has 0 radical (unpaired) electrons. The molecule has 0 aromatic carbocycles. The number of fused-ring (bicyclic) bond motifs is 1. The first kappa shape index (κ1) is 24.4. The van der Waals surface area contributed by atoms with E-state index < -0.39 is 0 Å². The fourth-order valence-corrected chi connectivity index (χ4v) is 4.77. The van der Waals surface area contributed by atoms with Gasteiger partial charge in [0, 0.05) is 17.5 Å². The fraction of sp³-hybridized carbons (Fsp3) is 0.458. The first-order valence-electron chi connectivity index (χ1n) is 10.7. The third-order valence-electron chi connectivity index (χ3n) is 5.40. The summed E-state index contributed by atoms with van der Waals surface area (Å²) in [5, 5.41) is 10.2. The zero-order valence-corrected chi connectivity index (χ0v) is 19.8. The van der Waals surface area contributed by atoms with E-state index in [2.05, 4.69) is 31.5 Å². The van der Waals surface area contributed by atoms with E-state index in [4.69, 9.17) is 21.2 Å². The lowest BCUT2D eigenvalue weighted by Crippen LogP contribution is -2.20. The Balaban J connectivity index is 2.45. The number of amidine groups is 1. The highest BCUT2D eigenvalue weighted by Crippen LogP contribution is 2.43. The average molecular weight is 440 g/mol. The van der Waals surface area contributed by atoms with Gasteiger partial charge in [0.15, 0.2) is 5.90 Å². The summed E-state index contributed by atoms with van der Waals surface area (Å²) in [5.74, 6) is 1.09. The molecule has 1 aliphatic rings. The second kappa shape index (κ2) is 11.5. The first-order chi connectivity index (χ1) is 14.9. The molecule has 1 heterocycles. The Morgan fingerprint density at radius 2 is 2.16 bits per heavy atom. The summed E-state index contributed by atoms with van der Waals surface area (Å²) in [6, 6.07) is 2.28. The summed E-state index contributed by atoms with van der Waals surface area (Å²) >= 11 is 1.50. The van der Waals surface area contributed by atoms with Gasteiger partial charge in [0.2, 0.25) is 0 Å². The molecule has 0 bridgehead atoms. The highest BCUT2D eigenvalue weighted by molar-refractivity contribution is 7.16. The van der Waals surface area contributed by atoms with Crippen molar-refractivity contribution in [1.29, 1.82) is 5.26 Å². The number of methoxy groups -OCH3 is 1. The van der Waals surface area contributed by atoms with Crippen LogP contribution in [0.5, 0.6) is 0 Å². The maximum atomic E-state index is 9.65. The maximum Gasteiger partial charge on any atom is 0.195 e. The summed E-state index contributed by atoms with van der Waals surface area (Å²) in [4.78, 5) is 10.3. The second-order valence-corrected chi connectivity index (χ2v) is 8.72. The van der Waals surface area contributed by atoms with Crippen molar-refractivity contribution in [3.63, 3.8) is 0 Å². The van der Waals surface area contributed by atoms with Crippen LogP contribution in [0.4, 0.5) is 5.00 Å². The zero-order valence-electron chi connectivity index (χ0n) is 19.0. The Labute approximate surface area is 189 Å². The van der Waals surface area contributed by atoms with Crippen LogP contribution in [0.2, 0.25) is 0 Å². The number of hydrogen-bond donors (Lipinski definition) is 2. The molecule has 2 rings (SSSR count). The van der Waals surface area contributed by atoms with Gasteiger partial charge in [-0.3, -0.25) is 0 Å². The van der Waals surface area contributed by atoms with Crippen LogP contribution in [0.25, 0.3) is 0 Å². The predicted molar refractivity (Wildman–Crippen MR) is 131 cm³/mol. The molecule has 31 heavy (non-hydrogen) atoms. The van der Waals surface area contributed by atoms with Gasteiger partial charge in [0.1, 0.15) is 11.1 Å². The van der Waals surface area contributed by atoms with Crippen molar-refractivity contribution >= 4 is 28.1 Å². The van der Waals surface area contributed by atoms with Crippen molar-refractivity contribution in [1.82, 2.24) is 0 Å². The number of anilines is 1. The maximum absolute atomic E-state index is 9.65. The average Bonchev–Trinajstić information content (AvgIpc) is 3.09. The van der Waals surface area contributed by atoms with Crippen LogP contribution < -0.4 is 11.5 Å². The van der Waals surface area contributed by atoms with Crippen LogP contribution >= 0.6 is 11.3 Å².